The second-order valence-corrected chi connectivity index (χ2v) is 8.20. The van der Waals surface area contributed by atoms with E-state index in [0.717, 1.165) is 0 Å². The molecule has 1 N–H and O–H groups in total. The smallest absolute Gasteiger partial charge is 0.313 e. The van der Waals surface area contributed by atoms with Crippen molar-refractivity contribution in [2.24, 2.45) is 5.92 Å². The summed E-state index contributed by atoms with van der Waals surface area (Å²) in [5.41, 5.74) is -0.528. The molecule has 0 bridgehead atoms. The van der Waals surface area contributed by atoms with E-state index in [1.54, 1.807) is 44.4 Å². The van der Waals surface area contributed by atoms with Crippen LogP contribution in [0.5, 0.6) is 0 Å². The fourth-order valence-electron chi connectivity index (χ4n) is 5.35. The molecule has 7 nitrogen and oxygen atoms in total. The number of benzene rings is 2. The summed E-state index contributed by atoms with van der Waals surface area (Å²) in [6, 6.07) is 14.4. The number of fused-ring (bicyclic) bond motifs is 4. The number of hydrogen-bond acceptors (Lipinski definition) is 5. The van der Waals surface area contributed by atoms with E-state index in [1.165, 1.54) is 16.9 Å². The van der Waals surface area contributed by atoms with Gasteiger partial charge in [0.05, 0.1) is 12.1 Å². The highest BCUT2D eigenvalue weighted by atomic mass is 32.1. The Kier molecular flexibility index (Phi) is 3.68. The SMILES string of the molecule is COC(=O)[C@H]1[C@]2(C(=O)N(C)c3ccccc32)C(=S)N[C@]12C(=O)N(C)c1ccccc12. The van der Waals surface area contributed by atoms with Crippen molar-refractivity contribution < 1.29 is 19.1 Å². The number of carbonyl (C=O) groups excluding carboxylic acids is 3. The van der Waals surface area contributed by atoms with Crippen LogP contribution in [0.1, 0.15) is 11.1 Å². The summed E-state index contributed by atoms with van der Waals surface area (Å²) in [5, 5.41) is 3.15. The number of carbonyl (C=O) groups is 3. The number of anilines is 2. The minimum absolute atomic E-state index is 0.151. The Morgan fingerprint density at radius 1 is 0.967 bits per heavy atom. The van der Waals surface area contributed by atoms with Crippen molar-refractivity contribution in [3.63, 3.8) is 0 Å². The molecular formula is C22H19N3O4S. The topological polar surface area (TPSA) is 79.0 Å². The third-order valence-electron chi connectivity index (χ3n) is 6.64. The molecule has 152 valence electrons. The van der Waals surface area contributed by atoms with E-state index < -0.39 is 22.8 Å². The highest BCUT2D eigenvalue weighted by Gasteiger charge is 2.76. The number of amides is 2. The zero-order valence-corrected chi connectivity index (χ0v) is 17.4. The van der Waals surface area contributed by atoms with E-state index >= 15 is 0 Å². The largest absolute Gasteiger partial charge is 0.469 e. The molecule has 2 spiro atoms. The fraction of sp³-hybridized carbons (Fsp3) is 0.273. The molecule has 3 atom stereocenters. The number of hydrogen-bond donors (Lipinski definition) is 1. The van der Waals surface area contributed by atoms with Crippen LogP contribution < -0.4 is 15.1 Å². The molecule has 3 aliphatic rings. The highest BCUT2D eigenvalue weighted by Crippen LogP contribution is 2.59. The fourth-order valence-corrected chi connectivity index (χ4v) is 5.83. The second kappa shape index (κ2) is 5.89. The summed E-state index contributed by atoms with van der Waals surface area (Å²) >= 11 is 5.73. The minimum Gasteiger partial charge on any atom is -0.469 e. The van der Waals surface area contributed by atoms with Gasteiger partial charge in [0, 0.05) is 31.0 Å². The monoisotopic (exact) mass is 421 g/mol. The second-order valence-electron chi connectivity index (χ2n) is 7.79. The molecule has 0 aromatic heterocycles. The average Bonchev–Trinajstić information content (AvgIpc) is 3.26. The number of rotatable bonds is 1. The molecule has 2 aromatic rings. The van der Waals surface area contributed by atoms with Crippen molar-refractivity contribution in [3.05, 3.63) is 59.7 Å². The summed E-state index contributed by atoms with van der Waals surface area (Å²) in [4.78, 5) is 43.9. The lowest BCUT2D eigenvalue weighted by atomic mass is 9.65. The van der Waals surface area contributed by atoms with Gasteiger partial charge in [0.15, 0.2) is 5.54 Å². The molecule has 2 amide bonds. The number of esters is 1. The Morgan fingerprint density at radius 3 is 2.13 bits per heavy atom. The summed E-state index contributed by atoms with van der Waals surface area (Å²) in [7, 11) is 4.56. The Labute approximate surface area is 178 Å². The van der Waals surface area contributed by atoms with Crippen LogP contribution in [0, 0.1) is 5.92 Å². The van der Waals surface area contributed by atoms with Gasteiger partial charge in [-0.25, -0.2) is 0 Å². The standard InChI is InChI=1S/C22H19N3O4S/c1-24-14-10-6-4-8-12(14)21(19(24)27)16(17(26)29-3)22(23-18(21)30)13-9-5-7-11-15(13)25(2)20(22)28/h4-11,16H,1-3H3,(H,23,30)/t16-,21-,22-/m0/s1. The van der Waals surface area contributed by atoms with Crippen molar-refractivity contribution in [3.8, 4) is 0 Å². The molecule has 3 aliphatic heterocycles. The van der Waals surface area contributed by atoms with E-state index in [4.69, 9.17) is 17.0 Å². The molecular weight excluding hydrogens is 402 g/mol. The van der Waals surface area contributed by atoms with Gasteiger partial charge in [0.1, 0.15) is 11.3 Å². The maximum atomic E-state index is 13.7. The van der Waals surface area contributed by atoms with E-state index in [-0.39, 0.29) is 16.8 Å². The van der Waals surface area contributed by atoms with E-state index in [9.17, 15) is 14.4 Å². The van der Waals surface area contributed by atoms with Crippen LogP contribution in [-0.2, 0) is 30.1 Å². The minimum atomic E-state index is -1.53. The molecule has 0 aliphatic carbocycles. The molecule has 2 aromatic carbocycles. The number of thiocarbonyl (C=S) groups is 1. The number of methoxy groups -OCH3 is 1. The molecule has 5 rings (SSSR count). The van der Waals surface area contributed by atoms with Gasteiger partial charge in [-0.15, -0.1) is 0 Å². The first-order valence-electron chi connectivity index (χ1n) is 9.49. The lowest BCUT2D eigenvalue weighted by molar-refractivity contribution is -0.154. The normalized spacial score (nSPS) is 28.9. The first-order valence-corrected chi connectivity index (χ1v) is 9.90. The first-order chi connectivity index (χ1) is 14.3. The third kappa shape index (κ3) is 1.81. The molecule has 0 radical (unpaired) electrons. The maximum absolute atomic E-state index is 13.7. The Morgan fingerprint density at radius 2 is 1.50 bits per heavy atom. The van der Waals surface area contributed by atoms with Crippen LogP contribution in [0.25, 0.3) is 0 Å². The maximum Gasteiger partial charge on any atom is 0.313 e. The number of nitrogens with zero attached hydrogens (tertiary/aromatic N) is 2. The van der Waals surface area contributed by atoms with Crippen molar-refractivity contribution in [1.82, 2.24) is 5.32 Å². The van der Waals surface area contributed by atoms with Crippen molar-refractivity contribution in [1.29, 1.82) is 0 Å². The number of likely N-dealkylation sites (N-methyl/N-ethyl adjacent to an activating group) is 2. The van der Waals surface area contributed by atoms with Gasteiger partial charge in [0.25, 0.3) is 5.91 Å². The Bertz CT molecular complexity index is 1160. The van der Waals surface area contributed by atoms with Crippen LogP contribution in [-0.4, -0.2) is 44.0 Å². The van der Waals surface area contributed by atoms with E-state index in [1.807, 2.05) is 18.2 Å². The first kappa shape index (κ1) is 18.7. The van der Waals surface area contributed by atoms with Crippen molar-refractivity contribution in [2.45, 2.75) is 11.0 Å². The number of para-hydroxylation sites is 2. The van der Waals surface area contributed by atoms with Gasteiger partial charge in [0.2, 0.25) is 5.91 Å². The molecule has 30 heavy (non-hydrogen) atoms. The van der Waals surface area contributed by atoms with Crippen LogP contribution in [0.15, 0.2) is 48.5 Å². The summed E-state index contributed by atoms with van der Waals surface area (Å²) in [5.74, 6) is -2.56. The summed E-state index contributed by atoms with van der Waals surface area (Å²) < 4.78 is 5.17. The number of ether oxygens (including phenoxy) is 1. The zero-order valence-electron chi connectivity index (χ0n) is 16.6. The van der Waals surface area contributed by atoms with Gasteiger partial charge in [-0.05, 0) is 17.7 Å². The lowest BCUT2D eigenvalue weighted by Crippen LogP contribution is -2.56. The summed E-state index contributed by atoms with van der Waals surface area (Å²) in [6.45, 7) is 0. The van der Waals surface area contributed by atoms with Crippen LogP contribution >= 0.6 is 12.2 Å². The molecule has 1 saturated heterocycles. The molecule has 1 fully saturated rings. The van der Waals surface area contributed by atoms with Gasteiger partial charge in [-0.3, -0.25) is 14.4 Å². The van der Waals surface area contributed by atoms with E-state index in [2.05, 4.69) is 5.32 Å². The van der Waals surface area contributed by atoms with Gasteiger partial charge in [-0.2, -0.15) is 0 Å². The van der Waals surface area contributed by atoms with Gasteiger partial charge in [-0.1, -0.05) is 48.6 Å². The molecule has 8 heteroatoms. The summed E-state index contributed by atoms with van der Waals surface area (Å²) in [6.07, 6.45) is 0. The van der Waals surface area contributed by atoms with Gasteiger partial charge >= 0.3 is 5.97 Å². The predicted molar refractivity (Wildman–Crippen MR) is 114 cm³/mol. The Balaban J connectivity index is 1.88. The zero-order chi connectivity index (χ0) is 21.4. The van der Waals surface area contributed by atoms with Crippen LogP contribution in [0.3, 0.4) is 0 Å². The van der Waals surface area contributed by atoms with E-state index in [0.29, 0.717) is 22.5 Å². The third-order valence-corrected chi connectivity index (χ3v) is 7.06. The highest BCUT2D eigenvalue weighted by molar-refractivity contribution is 7.80. The Hall–Kier alpha value is -3.26. The van der Waals surface area contributed by atoms with Gasteiger partial charge < -0.3 is 19.9 Å². The quantitative estimate of drug-likeness (QED) is 0.555. The van der Waals surface area contributed by atoms with Crippen LogP contribution in [0.2, 0.25) is 0 Å². The average molecular weight is 421 g/mol. The predicted octanol–water partition coefficient (Wildman–Crippen LogP) is 1.49. The van der Waals surface area contributed by atoms with Crippen molar-refractivity contribution in [2.75, 3.05) is 31.0 Å². The van der Waals surface area contributed by atoms with Crippen molar-refractivity contribution >= 4 is 46.4 Å². The lowest BCUT2D eigenvalue weighted by Gasteiger charge is -2.33. The van der Waals surface area contributed by atoms with Crippen LogP contribution in [0.4, 0.5) is 11.4 Å². The number of nitrogens with one attached hydrogen (secondary N) is 1. The molecule has 0 saturated carbocycles. The molecule has 3 heterocycles. The molecule has 0 unspecified atom stereocenters.